The quantitative estimate of drug-likeness (QED) is 0.191. The van der Waals surface area contributed by atoms with Crippen LogP contribution in [0.4, 0.5) is 0 Å². The zero-order chi connectivity index (χ0) is 32.5. The van der Waals surface area contributed by atoms with Gasteiger partial charge in [-0.05, 0) is 70.8 Å². The smallest absolute Gasteiger partial charge is 0.164 e. The van der Waals surface area contributed by atoms with Crippen LogP contribution in [0.3, 0.4) is 0 Å². The van der Waals surface area contributed by atoms with E-state index in [1.807, 2.05) is 47.7 Å². The van der Waals surface area contributed by atoms with Gasteiger partial charge in [0.25, 0.3) is 0 Å². The topological polar surface area (TPSA) is 51.8 Å². The normalized spacial score (nSPS) is 11.8. The standard InChI is InChI=1S/C44H27N3OS/c1-26-11-9-18-33-36-25-28(21-24-39(36)49-41(26)33)43-45-42(27-12-3-2-4-13-27)46-44(47-43)34-23-22-31(29-14-5-6-15-30(29)34)32-17-10-20-38-40(32)35-16-7-8-19-37(35)48-38/h2-25H,1H3. The summed E-state index contributed by atoms with van der Waals surface area (Å²) in [4.78, 5) is 15.4. The van der Waals surface area contributed by atoms with Gasteiger partial charge in [0.05, 0.1) is 0 Å². The van der Waals surface area contributed by atoms with Crippen LogP contribution in [-0.4, -0.2) is 15.0 Å². The second-order valence-electron chi connectivity index (χ2n) is 12.4. The van der Waals surface area contributed by atoms with Crippen molar-refractivity contribution in [1.29, 1.82) is 0 Å². The van der Waals surface area contributed by atoms with Gasteiger partial charge in [0.1, 0.15) is 11.2 Å². The van der Waals surface area contributed by atoms with Crippen molar-refractivity contribution in [2.24, 2.45) is 0 Å². The summed E-state index contributed by atoms with van der Waals surface area (Å²) in [6.07, 6.45) is 0. The summed E-state index contributed by atoms with van der Waals surface area (Å²) >= 11 is 1.84. The minimum Gasteiger partial charge on any atom is -0.456 e. The molecule has 0 unspecified atom stereocenters. The van der Waals surface area contributed by atoms with E-state index in [1.54, 1.807) is 0 Å². The predicted molar refractivity (Wildman–Crippen MR) is 204 cm³/mol. The van der Waals surface area contributed by atoms with Gasteiger partial charge in [-0.1, -0.05) is 109 Å². The number of nitrogens with zero attached hydrogens (tertiary/aromatic N) is 3. The van der Waals surface area contributed by atoms with E-state index < -0.39 is 0 Å². The second-order valence-corrected chi connectivity index (χ2v) is 13.5. The van der Waals surface area contributed by atoms with Gasteiger partial charge in [-0.2, -0.15) is 0 Å². The van der Waals surface area contributed by atoms with Crippen LogP contribution in [-0.2, 0) is 0 Å². The summed E-state index contributed by atoms with van der Waals surface area (Å²) in [7, 11) is 0. The Labute approximate surface area is 286 Å². The van der Waals surface area contributed by atoms with E-state index in [4.69, 9.17) is 19.4 Å². The lowest BCUT2D eigenvalue weighted by Crippen LogP contribution is -2.00. The van der Waals surface area contributed by atoms with Gasteiger partial charge in [0, 0.05) is 47.6 Å². The summed E-state index contributed by atoms with van der Waals surface area (Å²) in [6.45, 7) is 2.18. The van der Waals surface area contributed by atoms with Crippen LogP contribution in [0.25, 0.3) is 98.2 Å². The van der Waals surface area contributed by atoms with Crippen LogP contribution in [0, 0.1) is 6.92 Å². The predicted octanol–water partition coefficient (Wildman–Crippen LogP) is 12.3. The molecule has 0 atom stereocenters. The molecule has 0 aliphatic heterocycles. The molecule has 5 heteroatoms. The average Bonchev–Trinajstić information content (AvgIpc) is 3.74. The number of aromatic nitrogens is 3. The van der Waals surface area contributed by atoms with E-state index in [9.17, 15) is 0 Å². The second kappa shape index (κ2) is 10.9. The van der Waals surface area contributed by atoms with Crippen LogP contribution < -0.4 is 0 Å². The first kappa shape index (κ1) is 27.9. The van der Waals surface area contributed by atoms with E-state index in [-0.39, 0.29) is 0 Å². The van der Waals surface area contributed by atoms with Crippen LogP contribution >= 0.6 is 11.3 Å². The largest absolute Gasteiger partial charge is 0.456 e. The number of furan rings is 1. The molecule has 0 spiro atoms. The fourth-order valence-corrected chi connectivity index (χ4v) is 8.30. The van der Waals surface area contributed by atoms with Crippen LogP contribution in [0.1, 0.15) is 5.56 Å². The van der Waals surface area contributed by atoms with Gasteiger partial charge in [-0.15, -0.1) is 11.3 Å². The molecular formula is C44H27N3OS. The highest BCUT2D eigenvalue weighted by Gasteiger charge is 2.19. The molecule has 0 bridgehead atoms. The van der Waals surface area contributed by atoms with E-state index in [1.165, 1.54) is 25.7 Å². The van der Waals surface area contributed by atoms with E-state index in [0.29, 0.717) is 17.5 Å². The Bertz CT molecular complexity index is 2900. The van der Waals surface area contributed by atoms with Crippen molar-refractivity contribution in [2.75, 3.05) is 0 Å². The van der Waals surface area contributed by atoms with E-state index >= 15 is 0 Å². The van der Waals surface area contributed by atoms with Crippen molar-refractivity contribution in [3.05, 3.63) is 151 Å². The van der Waals surface area contributed by atoms with Crippen LogP contribution in [0.2, 0.25) is 0 Å². The molecule has 0 saturated carbocycles. The zero-order valence-corrected chi connectivity index (χ0v) is 27.3. The van der Waals surface area contributed by atoms with Crippen molar-refractivity contribution in [3.63, 3.8) is 0 Å². The maximum Gasteiger partial charge on any atom is 0.164 e. The summed E-state index contributed by atoms with van der Waals surface area (Å²) in [5, 5.41) is 6.93. The maximum atomic E-state index is 6.25. The molecule has 10 aromatic rings. The van der Waals surface area contributed by atoms with Crippen molar-refractivity contribution >= 4 is 64.2 Å². The summed E-state index contributed by atoms with van der Waals surface area (Å²) in [5.41, 5.74) is 8.21. The molecule has 0 amide bonds. The minimum absolute atomic E-state index is 0.643. The van der Waals surface area contributed by atoms with Gasteiger partial charge in [-0.3, -0.25) is 0 Å². The molecule has 0 N–H and O–H groups in total. The number of para-hydroxylation sites is 1. The average molecular weight is 646 g/mol. The third-order valence-corrected chi connectivity index (χ3v) is 10.8. The Kier molecular flexibility index (Phi) is 6.23. The Morgan fingerprint density at radius 3 is 1.96 bits per heavy atom. The van der Waals surface area contributed by atoms with Gasteiger partial charge < -0.3 is 4.42 Å². The highest BCUT2D eigenvalue weighted by molar-refractivity contribution is 7.26. The Morgan fingerprint density at radius 2 is 1.10 bits per heavy atom. The lowest BCUT2D eigenvalue weighted by Gasteiger charge is -2.14. The number of thiophene rings is 1. The molecule has 4 nitrogen and oxygen atoms in total. The Morgan fingerprint density at radius 1 is 0.449 bits per heavy atom. The van der Waals surface area contributed by atoms with Crippen molar-refractivity contribution < 1.29 is 4.42 Å². The lowest BCUT2D eigenvalue weighted by atomic mass is 9.92. The van der Waals surface area contributed by atoms with Gasteiger partial charge >= 0.3 is 0 Å². The van der Waals surface area contributed by atoms with Crippen molar-refractivity contribution in [3.8, 4) is 45.3 Å². The van der Waals surface area contributed by atoms with Crippen molar-refractivity contribution in [2.45, 2.75) is 6.92 Å². The third kappa shape index (κ3) is 4.47. The summed E-state index contributed by atoms with van der Waals surface area (Å²) in [5.74, 6) is 1.94. The number of benzene rings is 7. The first-order chi connectivity index (χ1) is 24.2. The molecule has 7 aromatic carbocycles. The number of aryl methyl sites for hydroxylation is 1. The highest BCUT2D eigenvalue weighted by Crippen LogP contribution is 2.42. The number of hydrogen-bond acceptors (Lipinski definition) is 5. The van der Waals surface area contributed by atoms with Gasteiger partial charge in [0.2, 0.25) is 0 Å². The van der Waals surface area contributed by atoms with E-state index in [2.05, 4.69) is 116 Å². The number of fused-ring (bicyclic) bond motifs is 7. The van der Waals surface area contributed by atoms with Crippen LogP contribution in [0.5, 0.6) is 0 Å². The minimum atomic E-state index is 0.643. The lowest BCUT2D eigenvalue weighted by molar-refractivity contribution is 0.669. The van der Waals surface area contributed by atoms with Gasteiger partial charge in [-0.25, -0.2) is 15.0 Å². The first-order valence-electron chi connectivity index (χ1n) is 16.4. The van der Waals surface area contributed by atoms with Gasteiger partial charge in [0.15, 0.2) is 17.5 Å². The molecule has 0 fully saturated rings. The number of hydrogen-bond donors (Lipinski definition) is 0. The van der Waals surface area contributed by atoms with Crippen molar-refractivity contribution in [1.82, 2.24) is 15.0 Å². The molecule has 49 heavy (non-hydrogen) atoms. The van der Waals surface area contributed by atoms with Crippen LogP contribution in [0.15, 0.2) is 150 Å². The molecule has 10 rings (SSSR count). The first-order valence-corrected chi connectivity index (χ1v) is 17.2. The fraction of sp³-hybridized carbons (Fsp3) is 0.0227. The number of rotatable bonds is 4. The molecule has 0 radical (unpaired) electrons. The molecular weight excluding hydrogens is 619 g/mol. The fourth-order valence-electron chi connectivity index (χ4n) is 7.15. The Hall–Kier alpha value is -6.17. The molecule has 3 heterocycles. The molecule has 0 aliphatic carbocycles. The maximum absolute atomic E-state index is 6.25. The van der Waals surface area contributed by atoms with E-state index in [0.717, 1.165) is 60.5 Å². The third-order valence-electron chi connectivity index (χ3n) is 9.48. The monoisotopic (exact) mass is 645 g/mol. The Balaban J connectivity index is 1.20. The molecule has 0 saturated heterocycles. The SMILES string of the molecule is Cc1cccc2c1sc1ccc(-c3nc(-c4ccccc4)nc(-c4ccc(-c5cccc6oc7ccccc7c56)c5ccccc45)n3)cc12. The summed E-state index contributed by atoms with van der Waals surface area (Å²) < 4.78 is 8.83. The molecule has 0 aliphatic rings. The summed E-state index contributed by atoms with van der Waals surface area (Å²) in [6, 6.07) is 50.7. The highest BCUT2D eigenvalue weighted by atomic mass is 32.1. The molecule has 230 valence electrons. The zero-order valence-electron chi connectivity index (χ0n) is 26.5. The molecule has 3 aromatic heterocycles.